The van der Waals surface area contributed by atoms with Crippen molar-refractivity contribution in [3.05, 3.63) is 71.3 Å². The van der Waals surface area contributed by atoms with Crippen molar-refractivity contribution in [1.29, 1.82) is 0 Å². The molecule has 3 rings (SSSR count). The standard InChI is InChI=1S/C20H20FN5O3/c1-12(20(28)29)15-6-4-8-17(11-15)22-19(27)18(26-13(2)23-24-25-26)10-14-5-3-7-16(21)9-14/h3-9,11-12,18H,10H2,1-2H3,(H,22,27)(H,28,29). The molecule has 2 aromatic carbocycles. The van der Waals surface area contributed by atoms with Crippen LogP contribution >= 0.6 is 0 Å². The maximum Gasteiger partial charge on any atom is 0.310 e. The van der Waals surface area contributed by atoms with Crippen LogP contribution < -0.4 is 5.32 Å². The molecule has 0 fully saturated rings. The lowest BCUT2D eigenvalue weighted by Crippen LogP contribution is -2.29. The van der Waals surface area contributed by atoms with Gasteiger partial charge in [0.05, 0.1) is 5.92 Å². The summed E-state index contributed by atoms with van der Waals surface area (Å²) >= 11 is 0. The molecule has 1 amide bonds. The van der Waals surface area contributed by atoms with Gasteiger partial charge in [-0.1, -0.05) is 24.3 Å². The van der Waals surface area contributed by atoms with Crippen LogP contribution in [0.15, 0.2) is 48.5 Å². The Morgan fingerprint density at radius 3 is 2.62 bits per heavy atom. The van der Waals surface area contributed by atoms with Crippen LogP contribution in [0.2, 0.25) is 0 Å². The molecule has 0 aliphatic rings. The summed E-state index contributed by atoms with van der Waals surface area (Å²) in [7, 11) is 0. The van der Waals surface area contributed by atoms with Gasteiger partial charge >= 0.3 is 5.97 Å². The van der Waals surface area contributed by atoms with E-state index in [-0.39, 0.29) is 6.42 Å². The number of aliphatic carboxylic acids is 1. The molecule has 2 unspecified atom stereocenters. The van der Waals surface area contributed by atoms with E-state index in [1.54, 1.807) is 50.2 Å². The number of tetrazole rings is 1. The molecular formula is C20H20FN5O3. The summed E-state index contributed by atoms with van der Waals surface area (Å²) in [6, 6.07) is 11.8. The Hall–Kier alpha value is -3.62. The first-order chi connectivity index (χ1) is 13.8. The number of aromatic nitrogens is 4. The van der Waals surface area contributed by atoms with Crippen molar-refractivity contribution in [2.75, 3.05) is 5.32 Å². The topological polar surface area (TPSA) is 110 Å². The number of carbonyl (C=O) groups excluding carboxylic acids is 1. The van der Waals surface area contributed by atoms with Gasteiger partial charge in [-0.15, -0.1) is 5.10 Å². The first kappa shape index (κ1) is 20.1. The highest BCUT2D eigenvalue weighted by atomic mass is 19.1. The molecule has 0 aliphatic heterocycles. The Morgan fingerprint density at radius 2 is 1.97 bits per heavy atom. The lowest BCUT2D eigenvalue weighted by atomic mass is 10.0. The highest BCUT2D eigenvalue weighted by Crippen LogP contribution is 2.22. The summed E-state index contributed by atoms with van der Waals surface area (Å²) in [4.78, 5) is 24.3. The number of carboxylic acids is 1. The van der Waals surface area contributed by atoms with E-state index in [4.69, 9.17) is 0 Å². The predicted molar refractivity (Wildman–Crippen MR) is 103 cm³/mol. The molecule has 3 aromatic rings. The van der Waals surface area contributed by atoms with Crippen LogP contribution in [0.25, 0.3) is 0 Å². The predicted octanol–water partition coefficient (Wildman–Crippen LogP) is 2.73. The third-order valence-corrected chi connectivity index (χ3v) is 4.60. The number of aryl methyl sites for hydroxylation is 1. The van der Waals surface area contributed by atoms with Crippen LogP contribution in [0.1, 0.15) is 35.8 Å². The molecule has 0 aliphatic carbocycles. The average molecular weight is 397 g/mol. The number of hydrogen-bond acceptors (Lipinski definition) is 5. The molecule has 1 heterocycles. The lowest BCUT2D eigenvalue weighted by molar-refractivity contribution is -0.138. The van der Waals surface area contributed by atoms with Crippen molar-refractivity contribution in [1.82, 2.24) is 20.2 Å². The van der Waals surface area contributed by atoms with Gasteiger partial charge in [0, 0.05) is 12.1 Å². The summed E-state index contributed by atoms with van der Waals surface area (Å²) in [6.45, 7) is 3.24. The molecular weight excluding hydrogens is 377 g/mol. The Morgan fingerprint density at radius 1 is 1.21 bits per heavy atom. The number of carboxylic acid groups (broad SMARTS) is 1. The number of nitrogens with one attached hydrogen (secondary N) is 1. The van der Waals surface area contributed by atoms with Gasteiger partial charge in [-0.05, 0) is 59.7 Å². The number of benzene rings is 2. The minimum atomic E-state index is -0.957. The van der Waals surface area contributed by atoms with Crippen LogP contribution in [-0.2, 0) is 16.0 Å². The summed E-state index contributed by atoms with van der Waals surface area (Å²) in [6.07, 6.45) is 0.181. The van der Waals surface area contributed by atoms with E-state index >= 15 is 0 Å². The Balaban J connectivity index is 1.86. The number of hydrogen-bond donors (Lipinski definition) is 2. The van der Waals surface area contributed by atoms with Gasteiger partial charge in [0.1, 0.15) is 17.7 Å². The van der Waals surface area contributed by atoms with E-state index in [2.05, 4.69) is 20.8 Å². The molecule has 0 radical (unpaired) electrons. The Kier molecular flexibility index (Phi) is 5.96. The summed E-state index contributed by atoms with van der Waals surface area (Å²) in [5.74, 6) is -2.02. The third-order valence-electron chi connectivity index (χ3n) is 4.60. The zero-order chi connectivity index (χ0) is 21.0. The maximum atomic E-state index is 13.6. The summed E-state index contributed by atoms with van der Waals surface area (Å²) in [5, 5.41) is 23.3. The van der Waals surface area contributed by atoms with Crippen LogP contribution in [-0.4, -0.2) is 37.2 Å². The van der Waals surface area contributed by atoms with Crippen molar-refractivity contribution in [3.8, 4) is 0 Å². The molecule has 150 valence electrons. The second-order valence-corrected chi connectivity index (χ2v) is 6.70. The largest absolute Gasteiger partial charge is 0.481 e. The van der Waals surface area contributed by atoms with E-state index in [1.807, 2.05) is 0 Å². The normalized spacial score (nSPS) is 12.9. The van der Waals surface area contributed by atoms with Crippen LogP contribution in [0.4, 0.5) is 10.1 Å². The molecule has 0 saturated carbocycles. The molecule has 0 spiro atoms. The molecule has 2 atom stereocenters. The molecule has 8 nitrogen and oxygen atoms in total. The monoisotopic (exact) mass is 397 g/mol. The fraction of sp³-hybridized carbons (Fsp3) is 0.250. The van der Waals surface area contributed by atoms with E-state index in [0.29, 0.717) is 22.6 Å². The highest BCUT2D eigenvalue weighted by Gasteiger charge is 2.25. The van der Waals surface area contributed by atoms with Gasteiger partial charge in [0.2, 0.25) is 5.91 Å². The number of halogens is 1. The fourth-order valence-electron chi connectivity index (χ4n) is 2.96. The smallest absolute Gasteiger partial charge is 0.310 e. The number of carbonyl (C=O) groups is 2. The van der Waals surface area contributed by atoms with E-state index < -0.39 is 29.7 Å². The van der Waals surface area contributed by atoms with E-state index in [1.165, 1.54) is 16.8 Å². The van der Waals surface area contributed by atoms with Crippen molar-refractivity contribution in [3.63, 3.8) is 0 Å². The van der Waals surface area contributed by atoms with E-state index in [9.17, 15) is 19.1 Å². The lowest BCUT2D eigenvalue weighted by Gasteiger charge is -2.18. The minimum absolute atomic E-state index is 0.181. The minimum Gasteiger partial charge on any atom is -0.481 e. The van der Waals surface area contributed by atoms with Gasteiger partial charge in [-0.3, -0.25) is 9.59 Å². The highest BCUT2D eigenvalue weighted by molar-refractivity contribution is 5.94. The first-order valence-corrected chi connectivity index (χ1v) is 8.97. The van der Waals surface area contributed by atoms with Crippen LogP contribution in [0, 0.1) is 12.7 Å². The summed E-state index contributed by atoms with van der Waals surface area (Å²) in [5.41, 5.74) is 1.64. The molecule has 0 saturated heterocycles. The van der Waals surface area contributed by atoms with Gasteiger partial charge in [-0.2, -0.15) is 0 Å². The van der Waals surface area contributed by atoms with Gasteiger partial charge in [-0.25, -0.2) is 9.07 Å². The van der Waals surface area contributed by atoms with Crippen LogP contribution in [0.3, 0.4) is 0 Å². The zero-order valence-corrected chi connectivity index (χ0v) is 15.9. The molecule has 2 N–H and O–H groups in total. The van der Waals surface area contributed by atoms with Crippen LogP contribution in [0.5, 0.6) is 0 Å². The van der Waals surface area contributed by atoms with Gasteiger partial charge < -0.3 is 10.4 Å². The van der Waals surface area contributed by atoms with Gasteiger partial charge in [0.25, 0.3) is 0 Å². The number of anilines is 1. The Labute approximate surface area is 166 Å². The summed E-state index contributed by atoms with van der Waals surface area (Å²) < 4.78 is 15.0. The molecule has 29 heavy (non-hydrogen) atoms. The number of amides is 1. The second-order valence-electron chi connectivity index (χ2n) is 6.70. The first-order valence-electron chi connectivity index (χ1n) is 8.97. The SMILES string of the molecule is Cc1nnnn1C(Cc1cccc(F)c1)C(=O)Nc1cccc(C(C)C(=O)O)c1. The fourth-order valence-corrected chi connectivity index (χ4v) is 2.96. The Bertz CT molecular complexity index is 1040. The van der Waals surface area contributed by atoms with Crippen molar-refractivity contribution in [2.24, 2.45) is 0 Å². The zero-order valence-electron chi connectivity index (χ0n) is 15.9. The molecule has 1 aromatic heterocycles. The van der Waals surface area contributed by atoms with E-state index in [0.717, 1.165) is 0 Å². The molecule has 0 bridgehead atoms. The quantitative estimate of drug-likeness (QED) is 0.634. The van der Waals surface area contributed by atoms with Gasteiger partial charge in [0.15, 0.2) is 0 Å². The van der Waals surface area contributed by atoms with Crippen molar-refractivity contribution in [2.45, 2.75) is 32.2 Å². The number of rotatable bonds is 7. The third kappa shape index (κ3) is 4.81. The number of nitrogens with zero attached hydrogens (tertiary/aromatic N) is 4. The van der Waals surface area contributed by atoms with Crippen molar-refractivity contribution >= 4 is 17.6 Å². The second kappa shape index (κ2) is 8.59. The van der Waals surface area contributed by atoms with Crippen molar-refractivity contribution < 1.29 is 19.1 Å². The average Bonchev–Trinajstić information content (AvgIpc) is 3.11. The maximum absolute atomic E-state index is 13.6. The molecule has 9 heteroatoms.